The predicted molar refractivity (Wildman–Crippen MR) is 121 cm³/mol. The first-order chi connectivity index (χ1) is 15.4. The van der Waals surface area contributed by atoms with Gasteiger partial charge >= 0.3 is 0 Å². The highest BCUT2D eigenvalue weighted by molar-refractivity contribution is 7.89. The number of benzene rings is 1. The van der Waals surface area contributed by atoms with Crippen LogP contribution in [0.15, 0.2) is 35.2 Å². The highest BCUT2D eigenvalue weighted by atomic mass is 32.2. The number of ether oxygens (including phenoxy) is 1. The van der Waals surface area contributed by atoms with Crippen LogP contribution < -0.4 is 4.90 Å². The lowest BCUT2D eigenvalue weighted by Crippen LogP contribution is -2.49. The largest absolute Gasteiger partial charge is 0.379 e. The fourth-order valence-corrected chi connectivity index (χ4v) is 6.18. The molecule has 0 unspecified atom stereocenters. The monoisotopic (exact) mass is 461 g/mol. The van der Waals surface area contributed by atoms with Gasteiger partial charge in [-0.2, -0.15) is 9.40 Å². The summed E-state index contributed by atoms with van der Waals surface area (Å²) in [6, 6.07) is 10.2. The Morgan fingerprint density at radius 3 is 2.31 bits per heavy atom. The quantitative estimate of drug-likeness (QED) is 0.644. The minimum atomic E-state index is -3.62. The number of carbonyl (C=O) groups excluding carboxylic acids is 1. The van der Waals surface area contributed by atoms with Gasteiger partial charge in [-0.05, 0) is 26.0 Å². The Kier molecular flexibility index (Phi) is 6.82. The number of carbonyl (C=O) groups is 1. The number of aromatic nitrogens is 2. The molecule has 0 spiro atoms. The van der Waals surface area contributed by atoms with Gasteiger partial charge in [0.1, 0.15) is 4.90 Å². The fraction of sp³-hybridized carbons (Fsp3) is 0.545. The van der Waals surface area contributed by atoms with E-state index in [1.165, 1.54) is 9.99 Å². The number of nitrogens with zero attached hydrogens (tertiary/aromatic N) is 5. The fourth-order valence-electron chi connectivity index (χ4n) is 4.40. The van der Waals surface area contributed by atoms with Gasteiger partial charge in [-0.15, -0.1) is 0 Å². The summed E-state index contributed by atoms with van der Waals surface area (Å²) in [7, 11) is -3.62. The molecule has 2 saturated heterocycles. The number of para-hydroxylation sites is 1. The molecule has 32 heavy (non-hydrogen) atoms. The molecule has 0 saturated carbocycles. The molecule has 1 amide bonds. The Labute approximate surface area is 189 Å². The number of sulfonamides is 1. The van der Waals surface area contributed by atoms with Crippen molar-refractivity contribution in [3.05, 3.63) is 41.7 Å². The van der Waals surface area contributed by atoms with Crippen LogP contribution in [0.5, 0.6) is 0 Å². The molecular weight excluding hydrogens is 430 g/mol. The van der Waals surface area contributed by atoms with E-state index in [1.54, 1.807) is 18.5 Å². The summed E-state index contributed by atoms with van der Waals surface area (Å²) >= 11 is 0. The molecule has 2 aromatic rings. The zero-order valence-corrected chi connectivity index (χ0v) is 19.6. The van der Waals surface area contributed by atoms with Crippen molar-refractivity contribution in [3.63, 3.8) is 0 Å². The lowest BCUT2D eigenvalue weighted by atomic mass is 10.2. The Morgan fingerprint density at radius 2 is 1.66 bits per heavy atom. The first-order valence-corrected chi connectivity index (χ1v) is 12.5. The smallest absolute Gasteiger partial charge is 0.246 e. The summed E-state index contributed by atoms with van der Waals surface area (Å²) < 4.78 is 34.6. The predicted octanol–water partition coefficient (Wildman–Crippen LogP) is 1.26. The molecule has 10 heteroatoms. The third-order valence-electron chi connectivity index (χ3n) is 6.17. The number of piperazine rings is 1. The number of aryl methyl sites for hydroxylation is 2. The van der Waals surface area contributed by atoms with E-state index in [0.29, 0.717) is 63.7 Å². The first kappa shape index (κ1) is 22.8. The van der Waals surface area contributed by atoms with E-state index in [2.05, 4.69) is 22.1 Å². The van der Waals surface area contributed by atoms with Crippen molar-refractivity contribution in [1.29, 1.82) is 0 Å². The van der Waals surface area contributed by atoms with Crippen LogP contribution in [0.1, 0.15) is 17.8 Å². The molecule has 1 aromatic carbocycles. The SMILES string of the molecule is Cc1nn(CCC(=O)N2CCN(c3ccccc3)CC2)c(C)c1S(=O)(=O)N1CCOCC1. The van der Waals surface area contributed by atoms with Crippen LogP contribution in [0.4, 0.5) is 5.69 Å². The van der Waals surface area contributed by atoms with Crippen LogP contribution in [-0.4, -0.2) is 85.8 Å². The van der Waals surface area contributed by atoms with Crippen LogP contribution >= 0.6 is 0 Å². The third-order valence-corrected chi connectivity index (χ3v) is 8.33. The average molecular weight is 462 g/mol. The lowest BCUT2D eigenvalue weighted by molar-refractivity contribution is -0.131. The first-order valence-electron chi connectivity index (χ1n) is 11.1. The molecule has 2 fully saturated rings. The second-order valence-electron chi connectivity index (χ2n) is 8.19. The Bertz CT molecular complexity index is 1040. The molecule has 3 heterocycles. The lowest BCUT2D eigenvalue weighted by Gasteiger charge is -2.36. The molecule has 0 atom stereocenters. The third kappa shape index (κ3) is 4.67. The average Bonchev–Trinajstić information content (AvgIpc) is 3.12. The summed E-state index contributed by atoms with van der Waals surface area (Å²) in [5, 5.41) is 4.44. The van der Waals surface area contributed by atoms with Crippen LogP contribution in [0.3, 0.4) is 0 Å². The highest BCUT2D eigenvalue weighted by Crippen LogP contribution is 2.24. The van der Waals surface area contributed by atoms with Gasteiger partial charge in [0.25, 0.3) is 0 Å². The highest BCUT2D eigenvalue weighted by Gasteiger charge is 2.32. The molecular formula is C22H31N5O4S. The van der Waals surface area contributed by atoms with Crippen molar-refractivity contribution in [1.82, 2.24) is 19.0 Å². The number of hydrogen-bond donors (Lipinski definition) is 0. The summed E-state index contributed by atoms with van der Waals surface area (Å²) in [6.07, 6.45) is 0.296. The van der Waals surface area contributed by atoms with Crippen molar-refractivity contribution < 1.29 is 17.9 Å². The summed E-state index contributed by atoms with van der Waals surface area (Å²) in [6.45, 7) is 8.30. The number of morpholine rings is 1. The number of amides is 1. The van der Waals surface area contributed by atoms with E-state index in [9.17, 15) is 13.2 Å². The standard InChI is InChI=1S/C22H31N5O4S/c1-18-22(32(29,30)26-14-16-31-17-15-26)19(2)27(23-18)9-8-21(28)25-12-10-24(11-13-25)20-6-4-3-5-7-20/h3-7H,8-17H2,1-2H3. The van der Waals surface area contributed by atoms with E-state index >= 15 is 0 Å². The molecule has 0 N–H and O–H groups in total. The Hall–Kier alpha value is -2.43. The van der Waals surface area contributed by atoms with Crippen LogP contribution in [0.2, 0.25) is 0 Å². The second kappa shape index (κ2) is 9.60. The molecule has 174 valence electrons. The van der Waals surface area contributed by atoms with Gasteiger partial charge in [0.05, 0.1) is 31.1 Å². The van der Waals surface area contributed by atoms with E-state index in [4.69, 9.17) is 4.74 Å². The van der Waals surface area contributed by atoms with Crippen molar-refractivity contribution in [2.45, 2.75) is 31.7 Å². The van der Waals surface area contributed by atoms with Gasteiger partial charge < -0.3 is 14.5 Å². The van der Waals surface area contributed by atoms with Crippen molar-refractivity contribution in [2.24, 2.45) is 0 Å². The maximum atomic E-state index is 13.1. The van der Waals surface area contributed by atoms with Gasteiger partial charge in [-0.1, -0.05) is 18.2 Å². The summed E-state index contributed by atoms with van der Waals surface area (Å²) in [5.41, 5.74) is 2.23. The molecule has 0 aliphatic carbocycles. The molecule has 0 radical (unpaired) electrons. The molecule has 0 bridgehead atoms. The molecule has 2 aliphatic heterocycles. The minimum Gasteiger partial charge on any atom is -0.379 e. The van der Waals surface area contributed by atoms with Gasteiger partial charge in [-0.3, -0.25) is 9.48 Å². The van der Waals surface area contributed by atoms with Gasteiger partial charge in [0.2, 0.25) is 15.9 Å². The number of hydrogen-bond acceptors (Lipinski definition) is 6. The summed E-state index contributed by atoms with van der Waals surface area (Å²) in [5.74, 6) is 0.0721. The maximum absolute atomic E-state index is 13.1. The number of rotatable bonds is 6. The van der Waals surface area contributed by atoms with Gasteiger partial charge in [0.15, 0.2) is 0 Å². The second-order valence-corrected chi connectivity index (χ2v) is 10.1. The van der Waals surface area contributed by atoms with Crippen LogP contribution in [0.25, 0.3) is 0 Å². The zero-order valence-electron chi connectivity index (χ0n) is 18.7. The van der Waals surface area contributed by atoms with Gasteiger partial charge in [0, 0.05) is 51.4 Å². The normalized spacial score (nSPS) is 18.2. The molecule has 2 aliphatic rings. The van der Waals surface area contributed by atoms with Crippen LogP contribution in [-0.2, 0) is 26.1 Å². The van der Waals surface area contributed by atoms with Crippen molar-refractivity contribution in [2.75, 3.05) is 57.4 Å². The molecule has 9 nitrogen and oxygen atoms in total. The minimum absolute atomic E-state index is 0.0721. The van der Waals surface area contributed by atoms with Crippen LogP contribution in [0, 0.1) is 13.8 Å². The van der Waals surface area contributed by atoms with E-state index in [1.807, 2.05) is 23.1 Å². The van der Waals surface area contributed by atoms with Crippen molar-refractivity contribution in [3.8, 4) is 0 Å². The van der Waals surface area contributed by atoms with Crippen molar-refractivity contribution >= 4 is 21.6 Å². The Morgan fingerprint density at radius 1 is 1.00 bits per heavy atom. The zero-order chi connectivity index (χ0) is 22.7. The maximum Gasteiger partial charge on any atom is 0.246 e. The van der Waals surface area contributed by atoms with E-state index in [-0.39, 0.29) is 10.8 Å². The van der Waals surface area contributed by atoms with E-state index < -0.39 is 10.0 Å². The summed E-state index contributed by atoms with van der Waals surface area (Å²) in [4.78, 5) is 17.2. The van der Waals surface area contributed by atoms with E-state index in [0.717, 1.165) is 13.1 Å². The van der Waals surface area contributed by atoms with Gasteiger partial charge in [-0.25, -0.2) is 8.42 Å². The number of anilines is 1. The Balaban J connectivity index is 1.36. The topological polar surface area (TPSA) is 88.0 Å². The molecule has 1 aromatic heterocycles. The molecule has 4 rings (SSSR count).